The fraction of sp³-hybridized carbons (Fsp3) is 0.423. The number of phenolic OH excluding ortho intramolecular Hbond substituents is 1. The Hall–Kier alpha value is -3.33. The molecular formula is C26H29F2N5O2. The van der Waals surface area contributed by atoms with E-state index in [9.17, 15) is 13.9 Å². The van der Waals surface area contributed by atoms with Gasteiger partial charge in [0, 0.05) is 35.4 Å². The minimum absolute atomic E-state index is 0.0114. The number of phenols is 1. The predicted octanol–water partition coefficient (Wildman–Crippen LogP) is 5.24. The van der Waals surface area contributed by atoms with E-state index in [0.717, 1.165) is 19.4 Å². The molecule has 0 amide bonds. The highest BCUT2D eigenvalue weighted by molar-refractivity contribution is 5.74. The number of pyridine rings is 1. The van der Waals surface area contributed by atoms with Crippen LogP contribution in [0, 0.1) is 5.92 Å². The van der Waals surface area contributed by atoms with Gasteiger partial charge < -0.3 is 20.5 Å². The second-order valence-electron chi connectivity index (χ2n) is 10.2. The summed E-state index contributed by atoms with van der Waals surface area (Å²) in [6.07, 6.45) is 6.12. The van der Waals surface area contributed by atoms with E-state index < -0.39 is 6.61 Å². The Morgan fingerprint density at radius 1 is 1.06 bits per heavy atom. The Morgan fingerprint density at radius 2 is 1.80 bits per heavy atom. The minimum atomic E-state index is -2.95. The van der Waals surface area contributed by atoms with Crippen LogP contribution in [0.4, 0.5) is 14.6 Å². The van der Waals surface area contributed by atoms with E-state index in [2.05, 4.69) is 44.4 Å². The Balaban J connectivity index is 1.25. The molecule has 0 radical (unpaired) electrons. The lowest BCUT2D eigenvalue weighted by Gasteiger charge is -2.42. The Morgan fingerprint density at radius 3 is 2.46 bits per heavy atom. The summed E-state index contributed by atoms with van der Waals surface area (Å²) in [5.74, 6) is 1.11. The van der Waals surface area contributed by atoms with Crippen LogP contribution in [0.25, 0.3) is 22.4 Å². The minimum Gasteiger partial charge on any atom is -0.507 e. The van der Waals surface area contributed by atoms with E-state index in [1.165, 1.54) is 25.1 Å². The zero-order chi connectivity index (χ0) is 24.6. The van der Waals surface area contributed by atoms with Crippen molar-refractivity contribution in [2.24, 2.45) is 5.92 Å². The lowest BCUT2D eigenvalue weighted by molar-refractivity contribution is -0.0528. The first-order valence-electron chi connectivity index (χ1n) is 11.8. The second kappa shape index (κ2) is 9.03. The summed E-state index contributed by atoms with van der Waals surface area (Å²) < 4.78 is 29.3. The van der Waals surface area contributed by atoms with E-state index in [1.807, 2.05) is 12.1 Å². The number of piperidine rings is 1. The molecule has 5 rings (SSSR count). The summed E-state index contributed by atoms with van der Waals surface area (Å²) in [7, 11) is 0. The van der Waals surface area contributed by atoms with E-state index >= 15 is 0 Å². The summed E-state index contributed by atoms with van der Waals surface area (Å²) in [5.41, 5.74) is 2.76. The Kier molecular flexibility index (Phi) is 6.04. The molecule has 9 heteroatoms. The van der Waals surface area contributed by atoms with Crippen LogP contribution >= 0.6 is 0 Å². The van der Waals surface area contributed by atoms with Gasteiger partial charge in [-0.05, 0) is 86.9 Å². The molecule has 35 heavy (non-hydrogen) atoms. The molecule has 3 N–H and O–H groups in total. The van der Waals surface area contributed by atoms with Gasteiger partial charge in [0.15, 0.2) is 0 Å². The van der Waals surface area contributed by atoms with Crippen LogP contribution < -0.4 is 15.4 Å². The molecule has 2 aromatic heterocycles. The van der Waals surface area contributed by atoms with Gasteiger partial charge in [0.2, 0.25) is 5.88 Å². The highest BCUT2D eigenvalue weighted by atomic mass is 19.3. The van der Waals surface area contributed by atoms with Crippen molar-refractivity contribution in [2.45, 2.75) is 57.2 Å². The predicted molar refractivity (Wildman–Crippen MR) is 129 cm³/mol. The number of halogens is 2. The number of aromatic hydroxyl groups is 1. The molecule has 0 saturated carbocycles. The Labute approximate surface area is 203 Å². The Bertz CT molecular complexity index is 1190. The van der Waals surface area contributed by atoms with Crippen molar-refractivity contribution in [1.82, 2.24) is 20.5 Å². The molecule has 184 valence electrons. The zero-order valence-electron chi connectivity index (χ0n) is 19.8. The molecule has 2 aliphatic rings. The number of aromatic nitrogens is 3. The highest BCUT2D eigenvalue weighted by Gasteiger charge is 2.48. The topological polar surface area (TPSA) is 92.2 Å². The number of ether oxygens (including phenoxy) is 1. The van der Waals surface area contributed by atoms with Crippen LogP contribution in [0.5, 0.6) is 11.6 Å². The molecule has 2 atom stereocenters. The van der Waals surface area contributed by atoms with Gasteiger partial charge >= 0.3 is 6.61 Å². The molecule has 2 fully saturated rings. The van der Waals surface area contributed by atoms with Crippen LogP contribution in [-0.2, 0) is 0 Å². The largest absolute Gasteiger partial charge is 0.507 e. The number of hydrogen-bond acceptors (Lipinski definition) is 7. The normalized spacial score (nSPS) is 25.6. The standard InChI is InChI=1S/C26H29F2N5O2/c1-25-8-9-26(2,33-25)14-16(13-25)15-30-22-6-5-20(31-32-22)19-4-3-17(11-21(19)34)18-7-10-29-23(12-18)35-24(27)28/h3-7,10-12,16,24,33-34H,8-9,13-15H2,1-2H3,(H,30,32). The quantitative estimate of drug-likeness (QED) is 0.425. The van der Waals surface area contributed by atoms with E-state index in [-0.39, 0.29) is 22.7 Å². The molecule has 2 bridgehead atoms. The van der Waals surface area contributed by atoms with Gasteiger partial charge in [-0.1, -0.05) is 6.07 Å². The first-order valence-corrected chi connectivity index (χ1v) is 11.8. The number of benzene rings is 1. The van der Waals surface area contributed by atoms with Crippen LogP contribution in [0.15, 0.2) is 48.7 Å². The summed E-state index contributed by atoms with van der Waals surface area (Å²) >= 11 is 0. The zero-order valence-corrected chi connectivity index (χ0v) is 19.8. The molecule has 0 spiro atoms. The van der Waals surface area contributed by atoms with Crippen LogP contribution in [0.2, 0.25) is 0 Å². The lowest BCUT2D eigenvalue weighted by atomic mass is 9.80. The van der Waals surface area contributed by atoms with Gasteiger partial charge in [0.1, 0.15) is 11.6 Å². The molecule has 4 heterocycles. The number of hydrogen-bond donors (Lipinski definition) is 3. The molecule has 2 unspecified atom stereocenters. The highest BCUT2D eigenvalue weighted by Crippen LogP contribution is 2.44. The summed E-state index contributed by atoms with van der Waals surface area (Å²) in [6.45, 7) is 2.54. The number of rotatable bonds is 7. The third-order valence-corrected chi connectivity index (χ3v) is 7.10. The number of fused-ring (bicyclic) bond motifs is 2. The van der Waals surface area contributed by atoms with Crippen molar-refractivity contribution in [3.63, 3.8) is 0 Å². The van der Waals surface area contributed by atoms with Crippen LogP contribution in [-0.4, -0.2) is 44.5 Å². The van der Waals surface area contributed by atoms with Crippen LogP contribution in [0.3, 0.4) is 0 Å². The molecular weight excluding hydrogens is 452 g/mol. The van der Waals surface area contributed by atoms with Gasteiger partial charge in [0.25, 0.3) is 0 Å². The molecule has 3 aromatic rings. The third kappa shape index (κ3) is 5.19. The number of anilines is 1. The summed E-state index contributed by atoms with van der Waals surface area (Å²) in [4.78, 5) is 3.77. The molecule has 0 aliphatic carbocycles. The van der Waals surface area contributed by atoms with Gasteiger partial charge in [0.05, 0.1) is 5.69 Å². The maximum absolute atomic E-state index is 12.5. The van der Waals surface area contributed by atoms with E-state index in [4.69, 9.17) is 0 Å². The lowest BCUT2D eigenvalue weighted by Crippen LogP contribution is -2.54. The first-order chi connectivity index (χ1) is 16.7. The summed E-state index contributed by atoms with van der Waals surface area (Å²) in [6, 6.07) is 11.8. The van der Waals surface area contributed by atoms with Gasteiger partial charge in [-0.3, -0.25) is 0 Å². The smallest absolute Gasteiger partial charge is 0.388 e. The number of nitrogens with one attached hydrogen (secondary N) is 2. The van der Waals surface area contributed by atoms with Crippen molar-refractivity contribution in [2.75, 3.05) is 11.9 Å². The first kappa shape index (κ1) is 23.4. The van der Waals surface area contributed by atoms with E-state index in [1.54, 1.807) is 24.3 Å². The summed E-state index contributed by atoms with van der Waals surface area (Å²) in [5, 5.41) is 26.4. The molecule has 7 nitrogen and oxygen atoms in total. The average molecular weight is 482 g/mol. The fourth-order valence-electron chi connectivity index (χ4n) is 5.69. The van der Waals surface area contributed by atoms with Crippen molar-refractivity contribution < 1.29 is 18.6 Å². The van der Waals surface area contributed by atoms with Crippen molar-refractivity contribution in [3.05, 3.63) is 48.7 Å². The second-order valence-corrected chi connectivity index (χ2v) is 10.2. The van der Waals surface area contributed by atoms with Crippen LogP contribution in [0.1, 0.15) is 39.5 Å². The van der Waals surface area contributed by atoms with Gasteiger partial charge in [-0.25, -0.2) is 4.98 Å². The SMILES string of the molecule is CC12CCC(C)(CC(CNc3ccc(-c4ccc(-c5ccnc(OC(F)F)c5)cc4O)nn3)C1)N2. The van der Waals surface area contributed by atoms with E-state index in [0.29, 0.717) is 34.1 Å². The molecule has 1 aromatic carbocycles. The van der Waals surface area contributed by atoms with Crippen molar-refractivity contribution in [1.29, 1.82) is 0 Å². The van der Waals surface area contributed by atoms with Crippen molar-refractivity contribution in [3.8, 4) is 34.0 Å². The number of nitrogens with zero attached hydrogens (tertiary/aromatic N) is 3. The maximum Gasteiger partial charge on any atom is 0.388 e. The molecule has 2 aliphatic heterocycles. The molecule has 2 saturated heterocycles. The van der Waals surface area contributed by atoms with Gasteiger partial charge in [-0.2, -0.15) is 8.78 Å². The third-order valence-electron chi connectivity index (χ3n) is 7.10. The average Bonchev–Trinajstić information content (AvgIpc) is 3.04. The van der Waals surface area contributed by atoms with Gasteiger partial charge in [-0.15, -0.1) is 10.2 Å². The van der Waals surface area contributed by atoms with Crippen molar-refractivity contribution >= 4 is 5.82 Å². The number of alkyl halides is 2. The monoisotopic (exact) mass is 481 g/mol. The maximum atomic E-state index is 12.5. The fourth-order valence-corrected chi connectivity index (χ4v) is 5.69.